The number of halogens is 1. The molecular weight excluding hydrogens is 506 g/mol. The lowest BCUT2D eigenvalue weighted by molar-refractivity contribution is -0.384. The molecular formula is C29H32ClN3O5. The summed E-state index contributed by atoms with van der Waals surface area (Å²) in [5.41, 5.74) is 5.57. The van der Waals surface area contributed by atoms with E-state index in [0.29, 0.717) is 53.5 Å². The Labute approximate surface area is 227 Å². The van der Waals surface area contributed by atoms with E-state index in [2.05, 4.69) is 22.7 Å². The van der Waals surface area contributed by atoms with Gasteiger partial charge in [0.15, 0.2) is 11.5 Å². The second-order valence-electron chi connectivity index (χ2n) is 9.04. The molecule has 0 aromatic heterocycles. The lowest BCUT2D eigenvalue weighted by atomic mass is 9.84. The highest BCUT2D eigenvalue weighted by Crippen LogP contribution is 2.36. The zero-order valence-electron chi connectivity index (χ0n) is 21.4. The highest BCUT2D eigenvalue weighted by molar-refractivity contribution is 6.32. The Morgan fingerprint density at radius 3 is 2.39 bits per heavy atom. The quantitative estimate of drug-likeness (QED) is 0.111. The highest BCUT2D eigenvalue weighted by atomic mass is 35.5. The van der Waals surface area contributed by atoms with Crippen LogP contribution in [0.4, 0.5) is 11.4 Å². The van der Waals surface area contributed by atoms with Gasteiger partial charge in [0.2, 0.25) is 0 Å². The summed E-state index contributed by atoms with van der Waals surface area (Å²) in [5.74, 6) is 2.45. The number of nitrogens with zero attached hydrogens (tertiary/aromatic N) is 2. The van der Waals surface area contributed by atoms with Gasteiger partial charge in [0, 0.05) is 12.1 Å². The van der Waals surface area contributed by atoms with Crippen molar-refractivity contribution >= 4 is 29.2 Å². The second kappa shape index (κ2) is 13.7. The third-order valence-corrected chi connectivity index (χ3v) is 6.65. The van der Waals surface area contributed by atoms with Gasteiger partial charge in [-0.2, -0.15) is 5.10 Å². The molecule has 0 heterocycles. The lowest BCUT2D eigenvalue weighted by Crippen LogP contribution is -2.10. The first-order chi connectivity index (χ1) is 18.5. The molecule has 1 saturated carbocycles. The molecule has 1 aliphatic carbocycles. The molecule has 1 fully saturated rings. The lowest BCUT2D eigenvalue weighted by Gasteiger charge is -2.22. The number of nitrogens with one attached hydrogen (secondary N) is 1. The minimum atomic E-state index is -0.449. The van der Waals surface area contributed by atoms with E-state index in [1.807, 2.05) is 19.1 Å². The molecule has 0 atom stereocenters. The first kappa shape index (κ1) is 27.3. The average molecular weight is 538 g/mol. The first-order valence-corrected chi connectivity index (χ1v) is 13.3. The largest absolute Gasteiger partial charge is 0.490 e. The summed E-state index contributed by atoms with van der Waals surface area (Å²) in [4.78, 5) is 10.3. The number of benzene rings is 3. The Morgan fingerprint density at radius 1 is 1.00 bits per heavy atom. The van der Waals surface area contributed by atoms with E-state index in [1.165, 1.54) is 49.8 Å². The Bertz CT molecular complexity index is 1230. The van der Waals surface area contributed by atoms with Gasteiger partial charge in [0.05, 0.1) is 28.5 Å². The molecule has 38 heavy (non-hydrogen) atoms. The molecule has 9 heteroatoms. The van der Waals surface area contributed by atoms with E-state index < -0.39 is 4.92 Å². The van der Waals surface area contributed by atoms with Crippen LogP contribution in [0.3, 0.4) is 0 Å². The summed E-state index contributed by atoms with van der Waals surface area (Å²) in [5, 5.41) is 15.4. The van der Waals surface area contributed by atoms with Crippen LogP contribution in [-0.2, 0) is 0 Å². The summed E-state index contributed by atoms with van der Waals surface area (Å²) in [6.45, 7) is 3.00. The Balaban J connectivity index is 1.30. The molecule has 200 valence electrons. The van der Waals surface area contributed by atoms with E-state index in [9.17, 15) is 10.1 Å². The van der Waals surface area contributed by atoms with Gasteiger partial charge < -0.3 is 14.2 Å². The maximum absolute atomic E-state index is 10.8. The van der Waals surface area contributed by atoms with Crippen LogP contribution in [-0.4, -0.2) is 31.0 Å². The molecule has 0 amide bonds. The van der Waals surface area contributed by atoms with Crippen molar-refractivity contribution in [3.05, 3.63) is 86.9 Å². The van der Waals surface area contributed by atoms with Crippen molar-refractivity contribution in [3.63, 3.8) is 0 Å². The van der Waals surface area contributed by atoms with Crippen LogP contribution in [0.5, 0.6) is 17.2 Å². The van der Waals surface area contributed by atoms with E-state index in [1.54, 1.807) is 30.5 Å². The number of hydrogen-bond acceptors (Lipinski definition) is 7. The van der Waals surface area contributed by atoms with Gasteiger partial charge in [-0.15, -0.1) is 0 Å². The number of anilines is 1. The van der Waals surface area contributed by atoms with Crippen molar-refractivity contribution in [3.8, 4) is 17.2 Å². The van der Waals surface area contributed by atoms with Crippen LogP contribution < -0.4 is 19.6 Å². The van der Waals surface area contributed by atoms with E-state index in [4.69, 9.17) is 25.8 Å². The molecule has 0 spiro atoms. The van der Waals surface area contributed by atoms with Crippen molar-refractivity contribution < 1.29 is 19.1 Å². The van der Waals surface area contributed by atoms with Gasteiger partial charge in [-0.05, 0) is 73.2 Å². The zero-order chi connectivity index (χ0) is 26.7. The molecule has 8 nitrogen and oxygen atoms in total. The van der Waals surface area contributed by atoms with Crippen molar-refractivity contribution in [1.82, 2.24) is 0 Å². The monoisotopic (exact) mass is 537 g/mol. The standard InChI is InChI=1S/C29H32ClN3O5/c1-2-36-28-19-21(20-31-32-24-10-12-25(13-11-24)33(34)35)18-27(30)29(28)38-17-16-37-26-14-8-23(9-15-26)22-6-4-3-5-7-22/h8-15,18-20,22,32H,2-7,16-17H2,1H3/b31-20-. The number of nitro groups is 1. The Morgan fingerprint density at radius 2 is 1.71 bits per heavy atom. The minimum absolute atomic E-state index is 0.0150. The second-order valence-corrected chi connectivity index (χ2v) is 9.45. The topological polar surface area (TPSA) is 95.2 Å². The molecule has 1 N–H and O–H groups in total. The fraction of sp³-hybridized carbons (Fsp3) is 0.345. The number of hydrogen-bond donors (Lipinski definition) is 1. The molecule has 4 rings (SSSR count). The van der Waals surface area contributed by atoms with E-state index in [0.717, 1.165) is 5.75 Å². The summed E-state index contributed by atoms with van der Waals surface area (Å²) in [7, 11) is 0. The Hall–Kier alpha value is -3.78. The fourth-order valence-corrected chi connectivity index (χ4v) is 4.75. The maximum atomic E-state index is 10.8. The summed E-state index contributed by atoms with van der Waals surface area (Å²) < 4.78 is 17.5. The van der Waals surface area contributed by atoms with Crippen molar-refractivity contribution in [2.45, 2.75) is 44.9 Å². The van der Waals surface area contributed by atoms with Gasteiger partial charge >= 0.3 is 0 Å². The third kappa shape index (κ3) is 7.61. The predicted molar refractivity (Wildman–Crippen MR) is 150 cm³/mol. The van der Waals surface area contributed by atoms with Gasteiger partial charge in [-0.3, -0.25) is 15.5 Å². The molecule has 0 unspecified atom stereocenters. The van der Waals surface area contributed by atoms with Gasteiger partial charge in [0.25, 0.3) is 5.69 Å². The number of nitro benzene ring substituents is 1. The SMILES string of the molecule is CCOc1cc(/C=N\Nc2ccc([N+](=O)[O-])cc2)cc(Cl)c1OCCOc1ccc(C2CCCCC2)cc1. The van der Waals surface area contributed by atoms with Crippen LogP contribution in [0.2, 0.25) is 5.02 Å². The van der Waals surface area contributed by atoms with Gasteiger partial charge in [-0.25, -0.2) is 0 Å². The van der Waals surface area contributed by atoms with Crippen LogP contribution in [0, 0.1) is 10.1 Å². The fourth-order valence-electron chi connectivity index (χ4n) is 4.48. The molecule has 0 saturated heterocycles. The summed E-state index contributed by atoms with van der Waals surface area (Å²) in [6, 6.07) is 17.9. The predicted octanol–water partition coefficient (Wildman–Crippen LogP) is 7.60. The Kier molecular flexibility index (Phi) is 9.81. The van der Waals surface area contributed by atoms with Crippen LogP contribution in [0.15, 0.2) is 65.8 Å². The van der Waals surface area contributed by atoms with E-state index in [-0.39, 0.29) is 5.69 Å². The highest BCUT2D eigenvalue weighted by Gasteiger charge is 2.15. The molecule has 3 aromatic rings. The van der Waals surface area contributed by atoms with Crippen molar-refractivity contribution in [2.24, 2.45) is 5.10 Å². The molecule has 0 bridgehead atoms. The molecule has 1 aliphatic rings. The van der Waals surface area contributed by atoms with Gasteiger partial charge in [0.1, 0.15) is 19.0 Å². The first-order valence-electron chi connectivity index (χ1n) is 12.9. The normalized spacial score (nSPS) is 13.8. The average Bonchev–Trinajstić information content (AvgIpc) is 2.93. The summed E-state index contributed by atoms with van der Waals surface area (Å²) in [6.07, 6.45) is 8.12. The maximum Gasteiger partial charge on any atom is 0.269 e. The number of rotatable bonds is 12. The third-order valence-electron chi connectivity index (χ3n) is 6.37. The van der Waals surface area contributed by atoms with Crippen molar-refractivity contribution in [2.75, 3.05) is 25.2 Å². The molecule has 3 aromatic carbocycles. The zero-order valence-corrected chi connectivity index (χ0v) is 22.2. The summed E-state index contributed by atoms with van der Waals surface area (Å²) >= 11 is 6.51. The van der Waals surface area contributed by atoms with Crippen molar-refractivity contribution in [1.29, 1.82) is 0 Å². The van der Waals surface area contributed by atoms with E-state index >= 15 is 0 Å². The molecule has 0 aliphatic heterocycles. The number of ether oxygens (including phenoxy) is 3. The molecule has 0 radical (unpaired) electrons. The van der Waals surface area contributed by atoms with Gasteiger partial charge in [-0.1, -0.05) is 43.0 Å². The number of non-ortho nitro benzene ring substituents is 1. The number of hydrazone groups is 1. The van der Waals surface area contributed by atoms with Crippen LogP contribution in [0.1, 0.15) is 56.1 Å². The smallest absolute Gasteiger partial charge is 0.269 e. The van der Waals surface area contributed by atoms with Crippen LogP contribution >= 0.6 is 11.6 Å². The minimum Gasteiger partial charge on any atom is -0.490 e. The van der Waals surface area contributed by atoms with Crippen LogP contribution in [0.25, 0.3) is 0 Å².